The van der Waals surface area contributed by atoms with Crippen molar-refractivity contribution >= 4 is 43.8 Å². The molecule has 168 valence electrons. The number of sulfone groups is 1. The van der Waals surface area contributed by atoms with Crippen molar-refractivity contribution in [2.45, 2.75) is 19.1 Å². The van der Waals surface area contributed by atoms with Crippen LogP contribution in [0.15, 0.2) is 60.0 Å². The zero-order valence-corrected chi connectivity index (χ0v) is 19.2. The minimum Gasteiger partial charge on any atom is -0.494 e. The molecule has 2 N–H and O–H groups in total. The van der Waals surface area contributed by atoms with Crippen LogP contribution in [0, 0.1) is 0 Å². The van der Waals surface area contributed by atoms with Gasteiger partial charge in [0.05, 0.1) is 12.3 Å². The van der Waals surface area contributed by atoms with E-state index in [4.69, 9.17) is 4.74 Å². The van der Waals surface area contributed by atoms with Crippen LogP contribution in [0.3, 0.4) is 0 Å². The molecule has 0 radical (unpaired) electrons. The number of nitrogens with zero attached hydrogens (tertiary/aromatic N) is 1. The van der Waals surface area contributed by atoms with Crippen molar-refractivity contribution in [3.8, 4) is 17.0 Å². The van der Waals surface area contributed by atoms with Crippen LogP contribution in [-0.4, -0.2) is 42.8 Å². The molecule has 0 saturated heterocycles. The molecule has 0 aliphatic rings. The zero-order valence-electron chi connectivity index (χ0n) is 17.6. The Hall–Kier alpha value is -3.24. The monoisotopic (exact) mass is 473 g/mol. The number of thiazole rings is 1. The number of nitrogens with one attached hydrogen (secondary N) is 2. The first kappa shape index (κ1) is 23.4. The van der Waals surface area contributed by atoms with Crippen LogP contribution in [0.2, 0.25) is 0 Å². The number of rotatable bonds is 9. The summed E-state index contributed by atoms with van der Waals surface area (Å²) in [6.07, 6.45) is 0. The van der Waals surface area contributed by atoms with Crippen LogP contribution in [0.25, 0.3) is 11.3 Å². The second kappa shape index (κ2) is 10.4. The Bertz CT molecular complexity index is 1180. The summed E-state index contributed by atoms with van der Waals surface area (Å²) in [7, 11) is -4.03. The van der Waals surface area contributed by atoms with Crippen molar-refractivity contribution in [1.82, 2.24) is 4.98 Å². The lowest BCUT2D eigenvalue weighted by molar-refractivity contribution is -0.115. The van der Waals surface area contributed by atoms with Crippen molar-refractivity contribution < 1.29 is 22.7 Å². The van der Waals surface area contributed by atoms with Gasteiger partial charge in [-0.25, -0.2) is 13.4 Å². The number of carbonyl (C=O) groups excluding carboxylic acids is 2. The van der Waals surface area contributed by atoms with Crippen molar-refractivity contribution in [2.24, 2.45) is 0 Å². The minimum absolute atomic E-state index is 0.287. The number of anilines is 2. The highest BCUT2D eigenvalue weighted by atomic mass is 32.2. The van der Waals surface area contributed by atoms with Gasteiger partial charge in [0, 0.05) is 16.6 Å². The van der Waals surface area contributed by atoms with E-state index in [1.807, 2.05) is 37.3 Å². The number of hydrogen-bond donors (Lipinski definition) is 2. The highest BCUT2D eigenvalue weighted by Gasteiger charge is 2.31. The molecule has 0 aliphatic carbocycles. The fourth-order valence-corrected chi connectivity index (χ4v) is 4.54. The van der Waals surface area contributed by atoms with Crippen LogP contribution in [-0.2, 0) is 19.4 Å². The Kier molecular flexibility index (Phi) is 7.60. The smallest absolute Gasteiger partial charge is 0.244 e. The molecule has 10 heteroatoms. The van der Waals surface area contributed by atoms with Crippen LogP contribution < -0.4 is 15.4 Å². The Balaban J connectivity index is 1.58. The van der Waals surface area contributed by atoms with Gasteiger partial charge >= 0.3 is 0 Å². The molecule has 2 aromatic carbocycles. The second-order valence-electron chi connectivity index (χ2n) is 6.85. The lowest BCUT2D eigenvalue weighted by Gasteiger charge is -2.12. The third kappa shape index (κ3) is 6.14. The molecule has 1 aromatic heterocycles. The van der Waals surface area contributed by atoms with Crippen molar-refractivity contribution in [3.63, 3.8) is 0 Å². The molecule has 0 saturated carbocycles. The zero-order chi connectivity index (χ0) is 23.1. The number of benzene rings is 2. The average molecular weight is 474 g/mol. The summed E-state index contributed by atoms with van der Waals surface area (Å²) in [5.74, 6) is -1.65. The van der Waals surface area contributed by atoms with E-state index in [9.17, 15) is 18.0 Å². The van der Waals surface area contributed by atoms with Gasteiger partial charge in [-0.15, -0.1) is 11.3 Å². The Morgan fingerprint density at radius 2 is 1.75 bits per heavy atom. The Morgan fingerprint density at radius 3 is 2.41 bits per heavy atom. The molecule has 8 nitrogen and oxygen atoms in total. The fourth-order valence-electron chi connectivity index (χ4n) is 2.75. The molecule has 1 heterocycles. The maximum absolute atomic E-state index is 12.6. The van der Waals surface area contributed by atoms with Gasteiger partial charge in [0.25, 0.3) is 0 Å². The summed E-state index contributed by atoms with van der Waals surface area (Å²) < 4.78 is 30.5. The third-order valence-electron chi connectivity index (χ3n) is 4.49. The highest BCUT2D eigenvalue weighted by molar-refractivity contribution is 7.93. The van der Waals surface area contributed by atoms with Crippen molar-refractivity contribution in [3.05, 3.63) is 60.0 Å². The minimum atomic E-state index is -4.03. The molecule has 0 bridgehead atoms. The van der Waals surface area contributed by atoms with Crippen LogP contribution in [0.4, 0.5) is 10.8 Å². The maximum atomic E-state index is 12.6. The number of aromatic nitrogens is 1. The van der Waals surface area contributed by atoms with Gasteiger partial charge in [-0.05, 0) is 38.1 Å². The van der Waals surface area contributed by atoms with E-state index in [0.29, 0.717) is 23.7 Å². The van der Waals surface area contributed by atoms with E-state index in [2.05, 4.69) is 15.6 Å². The summed E-state index contributed by atoms with van der Waals surface area (Å²) in [4.78, 5) is 29.0. The first-order valence-corrected chi connectivity index (χ1v) is 12.4. The van der Waals surface area contributed by atoms with Crippen LogP contribution >= 0.6 is 11.3 Å². The van der Waals surface area contributed by atoms with Gasteiger partial charge in [0.2, 0.25) is 11.8 Å². The summed E-state index contributed by atoms with van der Waals surface area (Å²) in [6.45, 7) is 3.62. The number of hydrogen-bond acceptors (Lipinski definition) is 7. The Labute approximate surface area is 190 Å². The van der Waals surface area contributed by atoms with Gasteiger partial charge in [0.15, 0.2) is 15.0 Å². The van der Waals surface area contributed by atoms with E-state index in [0.717, 1.165) is 5.56 Å². The van der Waals surface area contributed by atoms with E-state index in [1.54, 1.807) is 29.6 Å². The second-order valence-corrected chi connectivity index (χ2v) is 10.0. The Morgan fingerprint density at radius 1 is 1.06 bits per heavy atom. The number of carbonyl (C=O) groups is 2. The molecule has 32 heavy (non-hydrogen) atoms. The maximum Gasteiger partial charge on any atom is 0.244 e. The first-order chi connectivity index (χ1) is 15.3. The standard InChI is InChI=1S/C22H23N3O5S2/c1-3-30-18-11-9-17(10-12-18)23-20(26)14-32(28,29)15(2)21(27)25-22-24-19(13-31-22)16-7-5-4-6-8-16/h4-13,15H,3,14H2,1-2H3,(H,23,26)(H,24,25,27). The van der Waals surface area contributed by atoms with Gasteiger partial charge in [-0.1, -0.05) is 30.3 Å². The van der Waals surface area contributed by atoms with Crippen LogP contribution in [0.5, 0.6) is 5.75 Å². The van der Waals surface area contributed by atoms with Crippen molar-refractivity contribution in [2.75, 3.05) is 23.0 Å². The quantitative estimate of drug-likeness (QED) is 0.491. The lowest BCUT2D eigenvalue weighted by Crippen LogP contribution is -2.37. The molecule has 1 unspecified atom stereocenters. The molecule has 2 amide bonds. The molecular formula is C22H23N3O5S2. The predicted molar refractivity (Wildman–Crippen MR) is 126 cm³/mol. The van der Waals surface area contributed by atoms with Crippen molar-refractivity contribution in [1.29, 1.82) is 0 Å². The topological polar surface area (TPSA) is 114 Å². The molecular weight excluding hydrogens is 450 g/mol. The predicted octanol–water partition coefficient (Wildman–Crippen LogP) is 3.59. The highest BCUT2D eigenvalue weighted by Crippen LogP contribution is 2.25. The third-order valence-corrected chi connectivity index (χ3v) is 7.21. The summed E-state index contributed by atoms with van der Waals surface area (Å²) in [5.41, 5.74) is 1.99. The largest absolute Gasteiger partial charge is 0.494 e. The van der Waals surface area contributed by atoms with Gasteiger partial charge in [-0.2, -0.15) is 0 Å². The molecule has 0 fully saturated rings. The molecule has 0 aliphatic heterocycles. The number of ether oxygens (including phenoxy) is 1. The summed E-state index contributed by atoms with van der Waals surface area (Å²) in [5, 5.41) is 5.68. The van der Waals surface area contributed by atoms with E-state index in [1.165, 1.54) is 18.3 Å². The molecule has 0 spiro atoms. The van der Waals surface area contributed by atoms with E-state index < -0.39 is 32.7 Å². The summed E-state index contributed by atoms with van der Waals surface area (Å²) >= 11 is 1.19. The summed E-state index contributed by atoms with van der Waals surface area (Å²) in [6, 6.07) is 16.0. The normalized spacial score (nSPS) is 12.1. The molecule has 1 atom stereocenters. The fraction of sp³-hybridized carbons (Fsp3) is 0.227. The molecule has 3 rings (SSSR count). The SMILES string of the molecule is CCOc1ccc(NC(=O)CS(=O)(=O)C(C)C(=O)Nc2nc(-c3ccccc3)cs2)cc1. The molecule has 3 aromatic rings. The number of amides is 2. The van der Waals surface area contributed by atoms with Gasteiger partial charge in [0.1, 0.15) is 16.8 Å². The van der Waals surface area contributed by atoms with Gasteiger partial charge < -0.3 is 15.4 Å². The lowest BCUT2D eigenvalue weighted by atomic mass is 10.2. The first-order valence-electron chi connectivity index (χ1n) is 9.84. The van der Waals surface area contributed by atoms with E-state index >= 15 is 0 Å². The van der Waals surface area contributed by atoms with Crippen LogP contribution in [0.1, 0.15) is 13.8 Å². The van der Waals surface area contributed by atoms with Gasteiger partial charge in [-0.3, -0.25) is 9.59 Å². The van der Waals surface area contributed by atoms with E-state index in [-0.39, 0.29) is 5.13 Å². The average Bonchev–Trinajstić information content (AvgIpc) is 3.23.